The van der Waals surface area contributed by atoms with Crippen LogP contribution in [0.15, 0.2) is 36.7 Å². The van der Waals surface area contributed by atoms with Gasteiger partial charge in [0.15, 0.2) is 0 Å². The quantitative estimate of drug-likeness (QED) is 0.803. The molecule has 0 fully saturated rings. The summed E-state index contributed by atoms with van der Waals surface area (Å²) in [5, 5.41) is 2.92. The highest BCUT2D eigenvalue weighted by atomic mass is 16.5. The summed E-state index contributed by atoms with van der Waals surface area (Å²) in [4.78, 5) is 21.1. The van der Waals surface area contributed by atoms with Crippen LogP contribution in [0.3, 0.4) is 0 Å². The van der Waals surface area contributed by atoms with Gasteiger partial charge in [0, 0.05) is 18.9 Å². The van der Waals surface area contributed by atoms with Crippen LogP contribution < -0.4 is 10.1 Å². The molecule has 23 heavy (non-hydrogen) atoms. The molecular weight excluding hydrogens is 292 g/mol. The number of carbonyl (C=O) groups is 1. The zero-order chi connectivity index (χ0) is 16.4. The first kappa shape index (κ1) is 15.0. The number of hydrogen-bond donors (Lipinski definition) is 1. The molecule has 3 rings (SSSR count). The number of nitrogens with one attached hydrogen (secondary N) is 1. The second kappa shape index (κ2) is 6.08. The zero-order valence-corrected chi connectivity index (χ0v) is 13.3. The zero-order valence-electron chi connectivity index (χ0n) is 13.3. The van der Waals surface area contributed by atoms with Crippen LogP contribution in [0.5, 0.6) is 5.75 Å². The average Bonchev–Trinajstić information content (AvgIpc) is 2.88. The molecule has 0 aliphatic heterocycles. The molecule has 0 saturated carbocycles. The van der Waals surface area contributed by atoms with Gasteiger partial charge in [-0.15, -0.1) is 0 Å². The number of nitrogens with zero attached hydrogens (tertiary/aromatic N) is 3. The normalized spacial score (nSPS) is 10.7. The molecule has 2 heterocycles. The summed E-state index contributed by atoms with van der Waals surface area (Å²) in [6.07, 6.45) is 3.60. The molecule has 3 aromatic rings. The van der Waals surface area contributed by atoms with E-state index < -0.39 is 0 Å². The van der Waals surface area contributed by atoms with E-state index in [1.54, 1.807) is 17.7 Å². The fourth-order valence-corrected chi connectivity index (χ4v) is 2.46. The number of aryl methyl sites for hydroxylation is 2. The summed E-state index contributed by atoms with van der Waals surface area (Å²) >= 11 is 0. The number of aromatic nitrogens is 3. The van der Waals surface area contributed by atoms with Crippen LogP contribution in [-0.2, 0) is 6.54 Å². The third-order valence-electron chi connectivity index (χ3n) is 3.59. The van der Waals surface area contributed by atoms with Crippen LogP contribution in [-0.4, -0.2) is 27.4 Å². The molecule has 0 saturated heterocycles. The highest BCUT2D eigenvalue weighted by Gasteiger charge is 2.17. The van der Waals surface area contributed by atoms with Crippen LogP contribution in [0.25, 0.3) is 5.78 Å². The molecule has 0 unspecified atom stereocenters. The van der Waals surface area contributed by atoms with E-state index in [-0.39, 0.29) is 5.91 Å². The summed E-state index contributed by atoms with van der Waals surface area (Å²) < 4.78 is 6.92. The number of carbonyl (C=O) groups excluding carboxylic acids is 1. The first-order valence-electron chi connectivity index (χ1n) is 7.31. The molecule has 1 N–H and O–H groups in total. The van der Waals surface area contributed by atoms with Crippen molar-refractivity contribution >= 4 is 11.7 Å². The van der Waals surface area contributed by atoms with Gasteiger partial charge in [-0.05, 0) is 37.1 Å². The molecule has 118 valence electrons. The Kier molecular flexibility index (Phi) is 3.97. The van der Waals surface area contributed by atoms with Crippen LogP contribution in [0.2, 0.25) is 0 Å². The third-order valence-corrected chi connectivity index (χ3v) is 3.59. The van der Waals surface area contributed by atoms with Gasteiger partial charge in [-0.1, -0.05) is 12.1 Å². The lowest BCUT2D eigenvalue weighted by molar-refractivity contribution is 0.0944. The number of methoxy groups -OCH3 is 1. The van der Waals surface area contributed by atoms with E-state index >= 15 is 0 Å². The Balaban J connectivity index is 1.83. The van der Waals surface area contributed by atoms with Gasteiger partial charge in [0.05, 0.1) is 12.8 Å². The SMILES string of the molecule is COc1cccc(CNC(=O)c2c(C)nc3ncc(C)cn23)c1. The average molecular weight is 310 g/mol. The maximum Gasteiger partial charge on any atom is 0.270 e. The summed E-state index contributed by atoms with van der Waals surface area (Å²) in [6.45, 7) is 4.16. The van der Waals surface area contributed by atoms with Crippen LogP contribution in [0, 0.1) is 13.8 Å². The van der Waals surface area contributed by atoms with Crippen molar-refractivity contribution in [3.63, 3.8) is 0 Å². The summed E-state index contributed by atoms with van der Waals surface area (Å²) in [7, 11) is 1.62. The van der Waals surface area contributed by atoms with Crippen LogP contribution in [0.4, 0.5) is 0 Å². The lowest BCUT2D eigenvalue weighted by atomic mass is 10.2. The molecule has 0 radical (unpaired) electrons. The maximum atomic E-state index is 12.5. The Hall–Kier alpha value is -2.89. The maximum absolute atomic E-state index is 12.5. The first-order valence-corrected chi connectivity index (χ1v) is 7.31. The van der Waals surface area contributed by atoms with Crippen molar-refractivity contribution in [3.05, 3.63) is 59.2 Å². The number of rotatable bonds is 4. The Morgan fingerprint density at radius 1 is 1.35 bits per heavy atom. The number of hydrogen-bond acceptors (Lipinski definition) is 4. The lowest BCUT2D eigenvalue weighted by Crippen LogP contribution is -2.25. The van der Waals surface area contributed by atoms with Gasteiger partial charge >= 0.3 is 0 Å². The number of amides is 1. The van der Waals surface area contributed by atoms with E-state index in [2.05, 4.69) is 15.3 Å². The minimum Gasteiger partial charge on any atom is -0.497 e. The molecule has 6 nitrogen and oxygen atoms in total. The Morgan fingerprint density at radius 3 is 2.96 bits per heavy atom. The lowest BCUT2D eigenvalue weighted by Gasteiger charge is -2.07. The van der Waals surface area contributed by atoms with E-state index in [0.29, 0.717) is 23.7 Å². The van der Waals surface area contributed by atoms with Crippen LogP contribution >= 0.6 is 0 Å². The van der Waals surface area contributed by atoms with E-state index in [1.807, 2.05) is 44.3 Å². The third kappa shape index (κ3) is 3.01. The largest absolute Gasteiger partial charge is 0.497 e. The van der Waals surface area contributed by atoms with E-state index in [0.717, 1.165) is 16.9 Å². The smallest absolute Gasteiger partial charge is 0.270 e. The van der Waals surface area contributed by atoms with Crippen molar-refractivity contribution in [1.82, 2.24) is 19.7 Å². The molecule has 1 aromatic carbocycles. The molecule has 0 aliphatic rings. The fraction of sp³-hybridized carbons (Fsp3) is 0.235. The monoisotopic (exact) mass is 310 g/mol. The standard InChI is InChI=1S/C17H18N4O2/c1-11-8-19-17-20-12(2)15(21(17)10-11)16(22)18-9-13-5-4-6-14(7-13)23-3/h4-8,10H,9H2,1-3H3,(H,18,22). The fourth-order valence-electron chi connectivity index (χ4n) is 2.46. The molecular formula is C17H18N4O2. The minimum absolute atomic E-state index is 0.176. The highest BCUT2D eigenvalue weighted by molar-refractivity contribution is 5.94. The summed E-state index contributed by atoms with van der Waals surface area (Å²) in [5.41, 5.74) is 3.11. The van der Waals surface area contributed by atoms with E-state index in [9.17, 15) is 4.79 Å². The molecule has 6 heteroatoms. The van der Waals surface area contributed by atoms with Crippen molar-refractivity contribution in [2.45, 2.75) is 20.4 Å². The molecule has 0 spiro atoms. The molecule has 1 amide bonds. The van der Waals surface area contributed by atoms with Gasteiger partial charge in [0.2, 0.25) is 5.78 Å². The van der Waals surface area contributed by atoms with Crippen molar-refractivity contribution < 1.29 is 9.53 Å². The Labute approximate surface area is 134 Å². The number of ether oxygens (including phenoxy) is 1. The van der Waals surface area contributed by atoms with Gasteiger partial charge in [0.25, 0.3) is 5.91 Å². The molecule has 2 aromatic heterocycles. The predicted molar refractivity (Wildman–Crippen MR) is 86.6 cm³/mol. The van der Waals surface area contributed by atoms with Crippen molar-refractivity contribution in [3.8, 4) is 5.75 Å². The topological polar surface area (TPSA) is 68.5 Å². The van der Waals surface area contributed by atoms with Crippen molar-refractivity contribution in [1.29, 1.82) is 0 Å². The van der Waals surface area contributed by atoms with Gasteiger partial charge in [-0.2, -0.15) is 0 Å². The summed E-state index contributed by atoms with van der Waals surface area (Å²) in [5.74, 6) is 1.12. The van der Waals surface area contributed by atoms with E-state index in [4.69, 9.17) is 4.74 Å². The molecule has 0 bridgehead atoms. The number of imidazole rings is 1. The van der Waals surface area contributed by atoms with Gasteiger partial charge in [-0.3, -0.25) is 9.20 Å². The Bertz CT molecular complexity index is 870. The van der Waals surface area contributed by atoms with Gasteiger partial charge in [0.1, 0.15) is 11.4 Å². The Morgan fingerprint density at radius 2 is 2.17 bits per heavy atom. The van der Waals surface area contributed by atoms with Crippen molar-refractivity contribution in [2.75, 3.05) is 7.11 Å². The second-order valence-corrected chi connectivity index (χ2v) is 5.38. The van der Waals surface area contributed by atoms with E-state index in [1.165, 1.54) is 0 Å². The predicted octanol–water partition coefficient (Wildman–Crippen LogP) is 2.28. The van der Waals surface area contributed by atoms with Crippen LogP contribution in [0.1, 0.15) is 27.3 Å². The number of benzene rings is 1. The van der Waals surface area contributed by atoms with Gasteiger partial charge < -0.3 is 10.1 Å². The highest BCUT2D eigenvalue weighted by Crippen LogP contribution is 2.14. The number of fused-ring (bicyclic) bond motifs is 1. The second-order valence-electron chi connectivity index (χ2n) is 5.38. The molecule has 0 atom stereocenters. The molecule has 0 aliphatic carbocycles. The van der Waals surface area contributed by atoms with Gasteiger partial charge in [-0.25, -0.2) is 9.97 Å². The summed E-state index contributed by atoms with van der Waals surface area (Å²) in [6, 6.07) is 7.60. The van der Waals surface area contributed by atoms with Crippen molar-refractivity contribution in [2.24, 2.45) is 0 Å². The first-order chi connectivity index (χ1) is 11.1. The minimum atomic E-state index is -0.176.